The molecule has 0 radical (unpaired) electrons. The summed E-state index contributed by atoms with van der Waals surface area (Å²) >= 11 is 3.31. The van der Waals surface area contributed by atoms with Gasteiger partial charge in [0.15, 0.2) is 23.0 Å². The van der Waals surface area contributed by atoms with Crippen LogP contribution in [0.15, 0.2) is 28.7 Å². The molecule has 0 spiro atoms. The Morgan fingerprint density at radius 1 is 1.04 bits per heavy atom. The molecule has 0 saturated carbocycles. The van der Waals surface area contributed by atoms with Crippen molar-refractivity contribution >= 4 is 39.2 Å². The van der Waals surface area contributed by atoms with Crippen LogP contribution < -0.4 is 18.9 Å². The lowest BCUT2D eigenvalue weighted by molar-refractivity contribution is -0.385. The summed E-state index contributed by atoms with van der Waals surface area (Å²) in [6.07, 6.45) is 1.21. The van der Waals surface area contributed by atoms with Crippen LogP contribution in [0.25, 0.3) is 11.6 Å². The molecule has 0 aromatic heterocycles. The van der Waals surface area contributed by atoms with Gasteiger partial charge >= 0.3 is 5.97 Å². The van der Waals surface area contributed by atoms with Crippen molar-refractivity contribution in [2.24, 2.45) is 0 Å². The maximum Gasteiger partial charge on any atom is 0.336 e. The molecule has 27 heavy (non-hydrogen) atoms. The van der Waals surface area contributed by atoms with Gasteiger partial charge in [-0.15, -0.1) is 0 Å². The van der Waals surface area contributed by atoms with E-state index in [4.69, 9.17) is 18.9 Å². The van der Waals surface area contributed by atoms with Gasteiger partial charge in [-0.2, -0.15) is 0 Å². The van der Waals surface area contributed by atoms with Crippen LogP contribution in [0.4, 0.5) is 5.69 Å². The Morgan fingerprint density at radius 2 is 1.59 bits per heavy atom. The van der Waals surface area contributed by atoms with Gasteiger partial charge in [0.2, 0.25) is 13.6 Å². The minimum atomic E-state index is -1.26. The molecule has 1 N–H and O–H groups in total. The van der Waals surface area contributed by atoms with Crippen LogP contribution in [0.1, 0.15) is 11.1 Å². The predicted molar refractivity (Wildman–Crippen MR) is 95.0 cm³/mol. The quantitative estimate of drug-likeness (QED) is 0.335. The fourth-order valence-electron chi connectivity index (χ4n) is 2.75. The number of ether oxygens (including phenoxy) is 4. The van der Waals surface area contributed by atoms with E-state index in [2.05, 4.69) is 15.9 Å². The summed E-state index contributed by atoms with van der Waals surface area (Å²) in [6.45, 7) is -0.0237. The highest BCUT2D eigenvalue weighted by Crippen LogP contribution is 2.42. The molecule has 0 bridgehead atoms. The summed E-state index contributed by atoms with van der Waals surface area (Å²) in [7, 11) is 0. The van der Waals surface area contributed by atoms with E-state index in [0.29, 0.717) is 27.3 Å². The van der Waals surface area contributed by atoms with Crippen molar-refractivity contribution in [1.82, 2.24) is 0 Å². The molecule has 0 saturated heterocycles. The van der Waals surface area contributed by atoms with Crippen LogP contribution in [0.5, 0.6) is 23.0 Å². The standard InChI is InChI=1S/C17H10BrNO8/c18-11-4-15-14(25-7-26-15)3-9(11)10(17(20)21)1-8-2-13-16(27-6-24-13)5-12(8)19(22)23/h1-5H,6-7H2,(H,20,21)/b10-1-. The van der Waals surface area contributed by atoms with Crippen molar-refractivity contribution in [3.8, 4) is 23.0 Å². The molecule has 0 amide bonds. The molecule has 0 aliphatic carbocycles. The number of nitrogens with zero attached hydrogens (tertiary/aromatic N) is 1. The lowest BCUT2D eigenvalue weighted by atomic mass is 10.0. The third-order valence-corrected chi connectivity index (χ3v) is 4.66. The molecule has 2 heterocycles. The van der Waals surface area contributed by atoms with Crippen LogP contribution in [0.3, 0.4) is 0 Å². The third kappa shape index (κ3) is 3.04. The van der Waals surface area contributed by atoms with Crippen LogP contribution in [-0.4, -0.2) is 29.6 Å². The Bertz CT molecular complexity index is 1020. The number of benzene rings is 2. The second-order valence-corrected chi connectivity index (χ2v) is 6.42. The molecule has 0 fully saturated rings. The van der Waals surface area contributed by atoms with Gasteiger partial charge in [-0.05, 0) is 24.3 Å². The summed E-state index contributed by atoms with van der Waals surface area (Å²) in [5.41, 5.74) is -0.0954. The van der Waals surface area contributed by atoms with Crippen LogP contribution in [0.2, 0.25) is 0 Å². The zero-order valence-electron chi connectivity index (χ0n) is 13.4. The van der Waals surface area contributed by atoms with Crippen molar-refractivity contribution in [3.63, 3.8) is 0 Å². The molecular formula is C17H10BrNO8. The Morgan fingerprint density at radius 3 is 2.19 bits per heavy atom. The predicted octanol–water partition coefficient (Wildman–Crippen LogP) is 3.44. The highest BCUT2D eigenvalue weighted by Gasteiger charge is 2.25. The second kappa shape index (κ2) is 6.47. The van der Waals surface area contributed by atoms with Crippen molar-refractivity contribution < 1.29 is 33.8 Å². The van der Waals surface area contributed by atoms with Gasteiger partial charge in [0.1, 0.15) is 0 Å². The van der Waals surface area contributed by atoms with E-state index < -0.39 is 10.9 Å². The molecule has 2 aromatic carbocycles. The number of aliphatic carboxylic acids is 1. The first-order valence-corrected chi connectivity index (χ1v) is 8.36. The van der Waals surface area contributed by atoms with Crippen molar-refractivity contribution in [2.45, 2.75) is 0 Å². The van der Waals surface area contributed by atoms with E-state index >= 15 is 0 Å². The van der Waals surface area contributed by atoms with Crippen LogP contribution >= 0.6 is 15.9 Å². The number of fused-ring (bicyclic) bond motifs is 2. The number of halogens is 1. The Balaban J connectivity index is 1.88. The fourth-order valence-corrected chi connectivity index (χ4v) is 3.29. The maximum absolute atomic E-state index is 11.9. The number of nitro benzene ring substituents is 1. The van der Waals surface area contributed by atoms with Gasteiger partial charge in [-0.1, -0.05) is 15.9 Å². The zero-order valence-corrected chi connectivity index (χ0v) is 15.0. The number of carboxylic acids is 1. The van der Waals surface area contributed by atoms with E-state index in [-0.39, 0.29) is 36.2 Å². The van der Waals surface area contributed by atoms with Gasteiger partial charge in [-0.25, -0.2) is 4.79 Å². The molecule has 2 aromatic rings. The Hall–Kier alpha value is -3.27. The van der Waals surface area contributed by atoms with Crippen molar-refractivity contribution in [1.29, 1.82) is 0 Å². The van der Waals surface area contributed by atoms with Crippen molar-refractivity contribution in [2.75, 3.05) is 13.6 Å². The topological polar surface area (TPSA) is 117 Å². The summed E-state index contributed by atoms with van der Waals surface area (Å²) < 4.78 is 21.4. The SMILES string of the molecule is O=C(O)/C(=C\c1cc2c(cc1[N+](=O)[O-])OCO2)c1cc2c(cc1Br)OCO2. The van der Waals surface area contributed by atoms with Gasteiger partial charge in [-0.3, -0.25) is 10.1 Å². The van der Waals surface area contributed by atoms with Crippen molar-refractivity contribution in [3.05, 3.63) is 50.0 Å². The highest BCUT2D eigenvalue weighted by atomic mass is 79.9. The van der Waals surface area contributed by atoms with E-state index in [1.165, 1.54) is 24.3 Å². The molecule has 9 nitrogen and oxygen atoms in total. The molecule has 10 heteroatoms. The van der Waals surface area contributed by atoms with Crippen LogP contribution in [-0.2, 0) is 4.79 Å². The van der Waals surface area contributed by atoms with Gasteiger partial charge < -0.3 is 24.1 Å². The molecule has 4 rings (SSSR count). The number of hydrogen-bond acceptors (Lipinski definition) is 7. The largest absolute Gasteiger partial charge is 0.478 e. The average Bonchev–Trinajstić information content (AvgIpc) is 3.25. The highest BCUT2D eigenvalue weighted by molar-refractivity contribution is 9.10. The molecular weight excluding hydrogens is 426 g/mol. The van der Waals surface area contributed by atoms with Gasteiger partial charge in [0.05, 0.1) is 22.1 Å². The normalized spacial score (nSPS) is 14.3. The number of rotatable bonds is 4. The van der Waals surface area contributed by atoms with E-state index in [1.54, 1.807) is 6.07 Å². The first-order valence-electron chi connectivity index (χ1n) is 7.56. The monoisotopic (exact) mass is 435 g/mol. The van der Waals surface area contributed by atoms with Gasteiger partial charge in [0, 0.05) is 10.0 Å². The molecule has 2 aliphatic rings. The lowest BCUT2D eigenvalue weighted by Crippen LogP contribution is -2.02. The molecule has 2 aliphatic heterocycles. The number of carboxylic acid groups (broad SMARTS) is 1. The Kier molecular flexibility index (Phi) is 4.11. The third-order valence-electron chi connectivity index (χ3n) is 4.00. The maximum atomic E-state index is 11.9. The van der Waals surface area contributed by atoms with Crippen LogP contribution in [0, 0.1) is 10.1 Å². The minimum absolute atomic E-state index is 0.0327. The Labute approximate surface area is 160 Å². The van der Waals surface area contributed by atoms with E-state index in [1.807, 2.05) is 0 Å². The van der Waals surface area contributed by atoms with Gasteiger partial charge in [0.25, 0.3) is 5.69 Å². The smallest absolute Gasteiger partial charge is 0.336 e. The summed E-state index contributed by atoms with van der Waals surface area (Å²) in [4.78, 5) is 22.7. The minimum Gasteiger partial charge on any atom is -0.478 e. The number of hydrogen-bond donors (Lipinski definition) is 1. The second-order valence-electron chi connectivity index (χ2n) is 5.57. The van der Waals surface area contributed by atoms with E-state index in [0.717, 1.165) is 0 Å². The van der Waals surface area contributed by atoms with E-state index in [9.17, 15) is 20.0 Å². The zero-order chi connectivity index (χ0) is 19.1. The molecule has 138 valence electrons. The first kappa shape index (κ1) is 17.2. The number of carbonyl (C=O) groups is 1. The summed E-state index contributed by atoms with van der Waals surface area (Å²) in [5.74, 6) is 0.146. The fraction of sp³-hybridized carbons (Fsp3) is 0.118. The lowest BCUT2D eigenvalue weighted by Gasteiger charge is -2.08. The first-order chi connectivity index (χ1) is 12.9. The number of nitro groups is 1. The summed E-state index contributed by atoms with van der Waals surface area (Å²) in [5, 5.41) is 21.1. The summed E-state index contributed by atoms with van der Waals surface area (Å²) in [6, 6.07) is 5.68. The molecule has 0 atom stereocenters. The molecule has 0 unspecified atom stereocenters. The average molecular weight is 436 g/mol.